The van der Waals surface area contributed by atoms with E-state index in [4.69, 9.17) is 0 Å². The van der Waals surface area contributed by atoms with E-state index in [1.807, 2.05) is 62.6 Å². The molecule has 0 bridgehead atoms. The van der Waals surface area contributed by atoms with Gasteiger partial charge in [-0.3, -0.25) is 9.69 Å². The maximum Gasteiger partial charge on any atom is 0.260 e. The van der Waals surface area contributed by atoms with E-state index in [-0.39, 0.29) is 11.7 Å². The number of likely N-dealkylation sites (N-methyl/N-ethyl adjacent to an activating group) is 1. The molecule has 0 aliphatic carbocycles. The number of benzene rings is 3. The molecule has 0 saturated heterocycles. The van der Waals surface area contributed by atoms with Gasteiger partial charge in [-0.1, -0.05) is 47.7 Å². The Bertz CT molecular complexity index is 1150. The van der Waals surface area contributed by atoms with E-state index in [0.717, 1.165) is 22.0 Å². The van der Waals surface area contributed by atoms with Gasteiger partial charge in [-0.2, -0.15) is 0 Å². The fourth-order valence-electron chi connectivity index (χ4n) is 3.12. The van der Waals surface area contributed by atoms with E-state index >= 15 is 0 Å². The van der Waals surface area contributed by atoms with Crippen LogP contribution >= 0.6 is 11.3 Å². The lowest BCUT2D eigenvalue weighted by Crippen LogP contribution is -3.06. The lowest BCUT2D eigenvalue weighted by molar-refractivity contribution is -0.856. The van der Waals surface area contributed by atoms with Gasteiger partial charge in [0.05, 0.1) is 31.9 Å². The molecule has 6 heteroatoms. The number of hydrogen-bond acceptors (Lipinski definition) is 3. The van der Waals surface area contributed by atoms with Crippen LogP contribution in [0.4, 0.5) is 9.52 Å². The molecule has 3 aromatic carbocycles. The molecule has 4 nitrogen and oxygen atoms in total. The lowest BCUT2D eigenvalue weighted by atomic mass is 10.1. The second kappa shape index (κ2) is 7.66. The molecule has 1 aromatic heterocycles. The Morgan fingerprint density at radius 3 is 2.61 bits per heavy atom. The maximum atomic E-state index is 14.1. The highest BCUT2D eigenvalue weighted by Crippen LogP contribution is 2.31. The van der Waals surface area contributed by atoms with Crippen molar-refractivity contribution in [3.8, 4) is 0 Å². The first kappa shape index (κ1) is 18.5. The standard InChI is InChI=1S/C22H20FN3OS/c1-25(2)12-13-26(22-24-20-18(23)8-5-9-19(20)28-22)21(27)17-11-10-15-6-3-4-7-16(15)14-17/h3-11,14H,12-13H2,1-2H3/p+1. The fourth-order valence-corrected chi connectivity index (χ4v) is 4.12. The van der Waals surface area contributed by atoms with Crippen LogP contribution in [0.25, 0.3) is 21.0 Å². The molecule has 4 rings (SSSR count). The smallest absolute Gasteiger partial charge is 0.260 e. The Labute approximate surface area is 166 Å². The molecule has 28 heavy (non-hydrogen) atoms. The van der Waals surface area contributed by atoms with Crippen LogP contribution < -0.4 is 9.80 Å². The molecule has 0 aliphatic heterocycles. The van der Waals surface area contributed by atoms with Crippen molar-refractivity contribution in [2.45, 2.75) is 0 Å². The third-order valence-electron chi connectivity index (χ3n) is 4.67. The summed E-state index contributed by atoms with van der Waals surface area (Å²) in [5, 5.41) is 2.63. The number of fused-ring (bicyclic) bond motifs is 2. The van der Waals surface area contributed by atoms with Gasteiger partial charge in [-0.25, -0.2) is 9.37 Å². The Morgan fingerprint density at radius 1 is 1.07 bits per heavy atom. The highest BCUT2D eigenvalue weighted by Gasteiger charge is 2.23. The first-order valence-electron chi connectivity index (χ1n) is 9.17. The van der Waals surface area contributed by atoms with E-state index in [1.165, 1.54) is 22.3 Å². The molecular formula is C22H21FN3OS+. The zero-order valence-corrected chi connectivity index (χ0v) is 16.6. The van der Waals surface area contributed by atoms with Gasteiger partial charge in [-0.15, -0.1) is 0 Å². The van der Waals surface area contributed by atoms with Crippen LogP contribution in [-0.4, -0.2) is 38.1 Å². The molecule has 0 aliphatic rings. The Hall–Kier alpha value is -2.83. The zero-order valence-electron chi connectivity index (χ0n) is 15.8. The van der Waals surface area contributed by atoms with Gasteiger partial charge in [0.2, 0.25) is 0 Å². The minimum absolute atomic E-state index is 0.119. The first-order chi connectivity index (χ1) is 13.5. The summed E-state index contributed by atoms with van der Waals surface area (Å²) < 4.78 is 14.9. The summed E-state index contributed by atoms with van der Waals surface area (Å²) in [5.41, 5.74) is 0.920. The van der Waals surface area contributed by atoms with E-state index < -0.39 is 0 Å². The molecule has 1 amide bonds. The number of halogens is 1. The molecular weight excluding hydrogens is 373 g/mol. The maximum absolute atomic E-state index is 14.1. The summed E-state index contributed by atoms with van der Waals surface area (Å²) in [7, 11) is 4.08. The monoisotopic (exact) mass is 394 g/mol. The number of para-hydroxylation sites is 1. The number of hydrogen-bond donors (Lipinski definition) is 1. The largest absolute Gasteiger partial charge is 0.338 e. The van der Waals surface area contributed by atoms with Crippen molar-refractivity contribution < 1.29 is 14.1 Å². The fraction of sp³-hybridized carbons (Fsp3) is 0.182. The third-order valence-corrected chi connectivity index (χ3v) is 5.71. The van der Waals surface area contributed by atoms with Crippen LogP contribution in [0.1, 0.15) is 10.4 Å². The second-order valence-electron chi connectivity index (χ2n) is 7.06. The summed E-state index contributed by atoms with van der Waals surface area (Å²) in [6.45, 7) is 1.27. The Morgan fingerprint density at radius 2 is 1.86 bits per heavy atom. The lowest BCUT2D eigenvalue weighted by Gasteiger charge is -2.21. The number of carbonyl (C=O) groups is 1. The number of quaternary nitrogens is 1. The average Bonchev–Trinajstić information content (AvgIpc) is 3.12. The van der Waals surface area contributed by atoms with Gasteiger partial charge >= 0.3 is 0 Å². The van der Waals surface area contributed by atoms with E-state index in [2.05, 4.69) is 4.98 Å². The van der Waals surface area contributed by atoms with Crippen molar-refractivity contribution in [1.82, 2.24) is 4.98 Å². The first-order valence-corrected chi connectivity index (χ1v) is 9.99. The molecule has 0 radical (unpaired) electrons. The predicted molar refractivity (Wildman–Crippen MR) is 113 cm³/mol. The van der Waals surface area contributed by atoms with Gasteiger partial charge in [0, 0.05) is 5.56 Å². The van der Waals surface area contributed by atoms with Crippen LogP contribution in [0.3, 0.4) is 0 Å². The minimum Gasteiger partial charge on any atom is -0.338 e. The normalized spacial score (nSPS) is 11.4. The molecule has 0 atom stereocenters. The van der Waals surface area contributed by atoms with E-state index in [9.17, 15) is 9.18 Å². The Kier molecular flexibility index (Phi) is 5.07. The number of nitrogens with one attached hydrogen (secondary N) is 1. The van der Waals surface area contributed by atoms with Crippen LogP contribution in [0.15, 0.2) is 60.7 Å². The number of aromatic nitrogens is 1. The summed E-state index contributed by atoms with van der Waals surface area (Å²) in [6, 6.07) is 18.5. The van der Waals surface area contributed by atoms with Crippen molar-refractivity contribution in [3.63, 3.8) is 0 Å². The molecule has 0 saturated carbocycles. The minimum atomic E-state index is -0.365. The van der Waals surface area contributed by atoms with Gasteiger partial charge in [0.1, 0.15) is 11.3 Å². The molecule has 0 unspecified atom stereocenters. The molecule has 1 N–H and O–H groups in total. The highest BCUT2D eigenvalue weighted by molar-refractivity contribution is 7.22. The topological polar surface area (TPSA) is 37.6 Å². The van der Waals surface area contributed by atoms with Gasteiger partial charge in [-0.05, 0) is 35.0 Å². The van der Waals surface area contributed by atoms with Crippen LogP contribution in [0, 0.1) is 5.82 Å². The summed E-state index contributed by atoms with van der Waals surface area (Å²) in [5.74, 6) is -0.484. The van der Waals surface area contributed by atoms with Crippen molar-refractivity contribution in [2.24, 2.45) is 0 Å². The van der Waals surface area contributed by atoms with Crippen molar-refractivity contribution in [1.29, 1.82) is 0 Å². The Balaban J connectivity index is 1.75. The SMILES string of the molecule is C[NH+](C)CCN(C(=O)c1ccc2ccccc2c1)c1nc2c(F)cccc2s1. The molecule has 0 spiro atoms. The molecule has 0 fully saturated rings. The number of anilines is 1. The predicted octanol–water partition coefficient (Wildman–Crippen LogP) is 3.38. The summed E-state index contributed by atoms with van der Waals surface area (Å²) >= 11 is 1.34. The number of thiazole rings is 1. The van der Waals surface area contributed by atoms with Crippen molar-refractivity contribution in [3.05, 3.63) is 72.0 Å². The van der Waals surface area contributed by atoms with E-state index in [1.54, 1.807) is 11.0 Å². The van der Waals surface area contributed by atoms with E-state index in [0.29, 0.717) is 22.8 Å². The quantitative estimate of drug-likeness (QED) is 0.564. The van der Waals surface area contributed by atoms with Crippen molar-refractivity contribution >= 4 is 43.4 Å². The number of amides is 1. The second-order valence-corrected chi connectivity index (χ2v) is 8.07. The van der Waals surface area contributed by atoms with Crippen LogP contribution in [0.2, 0.25) is 0 Å². The molecule has 1 heterocycles. The van der Waals surface area contributed by atoms with Gasteiger partial charge < -0.3 is 4.90 Å². The van der Waals surface area contributed by atoms with Gasteiger partial charge in [0.15, 0.2) is 5.13 Å². The summed E-state index contributed by atoms with van der Waals surface area (Å²) in [4.78, 5) is 20.7. The number of rotatable bonds is 5. The summed E-state index contributed by atoms with van der Waals surface area (Å²) in [6.07, 6.45) is 0. The van der Waals surface area contributed by atoms with Crippen LogP contribution in [0.5, 0.6) is 0 Å². The average molecular weight is 394 g/mol. The number of nitrogens with zero attached hydrogens (tertiary/aromatic N) is 2. The van der Waals surface area contributed by atoms with Crippen molar-refractivity contribution in [2.75, 3.05) is 32.1 Å². The highest BCUT2D eigenvalue weighted by atomic mass is 32.1. The van der Waals surface area contributed by atoms with Gasteiger partial charge in [0.25, 0.3) is 5.91 Å². The zero-order chi connectivity index (χ0) is 19.7. The molecule has 142 valence electrons. The van der Waals surface area contributed by atoms with Crippen LogP contribution in [-0.2, 0) is 0 Å². The third kappa shape index (κ3) is 3.61. The molecule has 4 aromatic rings. The number of carbonyl (C=O) groups excluding carboxylic acids is 1.